The number of fused-ring (bicyclic) bond motifs is 1. The van der Waals surface area contributed by atoms with Crippen molar-refractivity contribution in [3.8, 4) is 0 Å². The Morgan fingerprint density at radius 2 is 1.82 bits per heavy atom. The average Bonchev–Trinajstić information content (AvgIpc) is 3.48. The quantitative estimate of drug-likeness (QED) is 0.324. The fraction of sp³-hybridized carbons (Fsp3) is 0.444. The lowest BCUT2D eigenvalue weighted by Crippen LogP contribution is -2.55. The number of rotatable bonds is 8. The van der Waals surface area contributed by atoms with E-state index in [2.05, 4.69) is 10.6 Å². The topological polar surface area (TPSA) is 124 Å². The van der Waals surface area contributed by atoms with E-state index in [4.69, 9.17) is 5.11 Å². The summed E-state index contributed by atoms with van der Waals surface area (Å²) in [6.07, 6.45) is -3.77. The molecule has 2 saturated heterocycles. The number of alkyl halides is 3. The number of nitrogens with one attached hydrogen (secondary N) is 2. The van der Waals surface area contributed by atoms with Gasteiger partial charge in [-0.2, -0.15) is 13.2 Å². The van der Waals surface area contributed by atoms with Crippen molar-refractivity contribution in [3.63, 3.8) is 0 Å². The molecule has 5 rings (SSSR count). The van der Waals surface area contributed by atoms with Crippen LogP contribution in [-0.4, -0.2) is 70.5 Å². The average molecular weight is 581 g/mol. The molecule has 2 fully saturated rings. The molecule has 2 atom stereocenters. The Morgan fingerprint density at radius 3 is 2.52 bits per heavy atom. The maximum absolute atomic E-state index is 13.2. The largest absolute Gasteiger partial charge is 0.416 e. The Balaban J connectivity index is 1.22. The smallest absolute Gasteiger partial charge is 0.394 e. The van der Waals surface area contributed by atoms with Crippen molar-refractivity contribution in [2.45, 2.75) is 49.8 Å². The van der Waals surface area contributed by atoms with Gasteiger partial charge in [-0.3, -0.25) is 10.1 Å². The number of aromatic nitrogens is 1. The number of aliphatic hydroxyl groups excluding tert-OH is 2. The summed E-state index contributed by atoms with van der Waals surface area (Å²) in [6, 6.07) is 12.2. The fourth-order valence-electron chi connectivity index (χ4n) is 5.54. The molecule has 3 aromatic rings. The summed E-state index contributed by atoms with van der Waals surface area (Å²) < 4.78 is 69.1. The predicted octanol–water partition coefficient (Wildman–Crippen LogP) is 2.14. The molecule has 2 aromatic carbocycles. The summed E-state index contributed by atoms with van der Waals surface area (Å²) in [5.41, 5.74) is 0.0869. The van der Waals surface area contributed by atoms with Crippen molar-refractivity contribution >= 4 is 26.8 Å². The number of sulfonamides is 1. The molecule has 1 spiro atoms. The highest BCUT2D eigenvalue weighted by atomic mass is 32.2. The summed E-state index contributed by atoms with van der Waals surface area (Å²) >= 11 is 0. The van der Waals surface area contributed by atoms with Crippen LogP contribution in [0.1, 0.15) is 35.7 Å². The van der Waals surface area contributed by atoms with E-state index in [-0.39, 0.29) is 62.7 Å². The molecule has 4 N–H and O–H groups in total. The van der Waals surface area contributed by atoms with Gasteiger partial charge in [-0.25, -0.2) is 12.7 Å². The zero-order chi connectivity index (χ0) is 28.7. The van der Waals surface area contributed by atoms with E-state index < -0.39 is 39.6 Å². The molecule has 0 aliphatic carbocycles. The van der Waals surface area contributed by atoms with Crippen LogP contribution in [-0.2, 0) is 34.0 Å². The maximum atomic E-state index is 13.2. The van der Waals surface area contributed by atoms with Crippen LogP contribution >= 0.6 is 0 Å². The van der Waals surface area contributed by atoms with Gasteiger partial charge in [0.25, 0.3) is 0 Å². The number of piperidine rings is 1. The second-order valence-corrected chi connectivity index (χ2v) is 12.5. The van der Waals surface area contributed by atoms with Crippen LogP contribution in [0.5, 0.6) is 0 Å². The highest BCUT2D eigenvalue weighted by molar-refractivity contribution is 7.89. The van der Waals surface area contributed by atoms with Crippen molar-refractivity contribution in [3.05, 3.63) is 71.4 Å². The van der Waals surface area contributed by atoms with Gasteiger partial charge in [0.1, 0.15) is 11.7 Å². The molecule has 0 saturated carbocycles. The molecule has 3 heterocycles. The van der Waals surface area contributed by atoms with E-state index in [0.717, 1.165) is 28.6 Å². The van der Waals surface area contributed by atoms with Gasteiger partial charge in [-0.1, -0.05) is 24.3 Å². The van der Waals surface area contributed by atoms with Crippen LogP contribution in [0.15, 0.2) is 54.7 Å². The van der Waals surface area contributed by atoms with Crippen LogP contribution in [0.2, 0.25) is 0 Å². The molecule has 1 aromatic heterocycles. The van der Waals surface area contributed by atoms with Crippen molar-refractivity contribution in [2.24, 2.45) is 0 Å². The van der Waals surface area contributed by atoms with E-state index in [0.29, 0.717) is 0 Å². The van der Waals surface area contributed by atoms with Gasteiger partial charge in [0, 0.05) is 30.2 Å². The molecule has 2 aliphatic heterocycles. The third kappa shape index (κ3) is 5.61. The summed E-state index contributed by atoms with van der Waals surface area (Å²) in [7, 11) is -3.65. The molecule has 9 nitrogen and oxygen atoms in total. The minimum atomic E-state index is -4.51. The van der Waals surface area contributed by atoms with Crippen molar-refractivity contribution in [1.29, 1.82) is 0 Å². The minimum absolute atomic E-state index is 0.109. The normalized spacial score (nSPS) is 20.7. The molecule has 0 bridgehead atoms. The molecule has 216 valence electrons. The highest BCUT2D eigenvalue weighted by Crippen LogP contribution is 2.35. The lowest BCUT2D eigenvalue weighted by atomic mass is 9.88. The predicted molar refractivity (Wildman–Crippen MR) is 142 cm³/mol. The highest BCUT2D eigenvalue weighted by Gasteiger charge is 2.49. The molecule has 2 aliphatic rings. The molecule has 0 radical (unpaired) electrons. The van der Waals surface area contributed by atoms with E-state index in [1.807, 2.05) is 28.8 Å². The molecule has 1 amide bonds. The number of amides is 1. The fourth-order valence-corrected chi connectivity index (χ4v) is 7.02. The summed E-state index contributed by atoms with van der Waals surface area (Å²) in [5, 5.41) is 25.7. The van der Waals surface area contributed by atoms with Crippen molar-refractivity contribution < 1.29 is 36.6 Å². The number of benzene rings is 2. The Labute approximate surface area is 229 Å². The third-order valence-corrected chi connectivity index (χ3v) is 9.67. The standard InChI is InChI=1S/C27H31F3N4O5S/c28-27(29,30)20-5-1-4-19(15-20)24-31-25(37)26(32-24)9-12-34(13-10-26)40(38,39)14-8-18-3-2-6-23-22(18)7-11-33(23)16-21(36)17-35/h1-7,11,15,21,24,32,35-36H,8-10,12-14,16-17H2,(H,31,37). The van der Waals surface area contributed by atoms with Crippen molar-refractivity contribution in [2.75, 3.05) is 25.4 Å². The second kappa shape index (κ2) is 10.8. The van der Waals surface area contributed by atoms with Gasteiger partial charge in [-0.05, 0) is 54.7 Å². The number of nitrogens with zero attached hydrogens (tertiary/aromatic N) is 2. The number of carbonyl (C=O) groups excluding carboxylic acids is 1. The number of hydrogen-bond acceptors (Lipinski definition) is 6. The van der Waals surface area contributed by atoms with Gasteiger partial charge in [0.15, 0.2) is 0 Å². The first-order valence-electron chi connectivity index (χ1n) is 13.0. The van der Waals surface area contributed by atoms with Crippen LogP contribution in [0.3, 0.4) is 0 Å². The third-order valence-electron chi connectivity index (χ3n) is 7.80. The number of hydrogen-bond donors (Lipinski definition) is 4. The molecular weight excluding hydrogens is 549 g/mol. The molecule has 40 heavy (non-hydrogen) atoms. The van der Waals surface area contributed by atoms with Crippen LogP contribution in [0, 0.1) is 0 Å². The first kappa shape index (κ1) is 28.6. The number of aryl methyl sites for hydroxylation is 1. The Morgan fingerprint density at radius 1 is 1.10 bits per heavy atom. The van der Waals surface area contributed by atoms with Gasteiger partial charge in [-0.15, -0.1) is 0 Å². The summed E-state index contributed by atoms with van der Waals surface area (Å²) in [4.78, 5) is 12.9. The molecule has 13 heteroatoms. The lowest BCUT2D eigenvalue weighted by Gasteiger charge is -2.37. The Kier molecular flexibility index (Phi) is 7.70. The SMILES string of the molecule is O=C1NC(c2cccc(C(F)(F)F)c2)NC12CCN(S(=O)(=O)CCc1cccc3c1ccn3CC(O)CO)CC2. The van der Waals surface area contributed by atoms with Crippen LogP contribution in [0.25, 0.3) is 10.9 Å². The van der Waals surface area contributed by atoms with E-state index >= 15 is 0 Å². The van der Waals surface area contributed by atoms with Gasteiger partial charge in [0.05, 0.1) is 30.6 Å². The zero-order valence-electron chi connectivity index (χ0n) is 21.6. The summed E-state index contributed by atoms with van der Waals surface area (Å²) in [6.45, 7) is 0.0701. The molecular formula is C27H31F3N4O5S. The zero-order valence-corrected chi connectivity index (χ0v) is 22.4. The molecule has 2 unspecified atom stereocenters. The van der Waals surface area contributed by atoms with Gasteiger partial charge < -0.3 is 20.1 Å². The van der Waals surface area contributed by atoms with E-state index in [1.165, 1.54) is 16.4 Å². The van der Waals surface area contributed by atoms with E-state index in [1.54, 1.807) is 6.20 Å². The first-order valence-corrected chi connectivity index (χ1v) is 14.6. The first-order chi connectivity index (χ1) is 18.9. The maximum Gasteiger partial charge on any atom is 0.416 e. The van der Waals surface area contributed by atoms with E-state index in [9.17, 15) is 31.5 Å². The van der Waals surface area contributed by atoms with Crippen LogP contribution < -0.4 is 10.6 Å². The van der Waals surface area contributed by atoms with Gasteiger partial charge >= 0.3 is 6.18 Å². The summed E-state index contributed by atoms with van der Waals surface area (Å²) in [5.74, 6) is -0.481. The minimum Gasteiger partial charge on any atom is -0.394 e. The monoisotopic (exact) mass is 580 g/mol. The second-order valence-electron chi connectivity index (χ2n) is 10.4. The number of aliphatic hydroxyl groups is 2. The Hall–Kier alpha value is -2.97. The lowest BCUT2D eigenvalue weighted by molar-refractivity contribution is -0.137. The van der Waals surface area contributed by atoms with Crippen molar-refractivity contribution in [1.82, 2.24) is 19.5 Å². The number of carbonyl (C=O) groups is 1. The van der Waals surface area contributed by atoms with Crippen LogP contribution in [0.4, 0.5) is 13.2 Å². The number of halogens is 3. The Bertz CT molecular complexity index is 1500. The van der Waals surface area contributed by atoms with Gasteiger partial charge in [0.2, 0.25) is 15.9 Å².